The molecule has 1 aliphatic rings. The maximum Gasteiger partial charge on any atom is 0.329 e. The van der Waals surface area contributed by atoms with Crippen molar-refractivity contribution in [3.05, 3.63) is 29.6 Å². The molecule has 1 saturated carbocycles. The molecule has 108 valence electrons. The molecule has 6 heteroatoms. The Bertz CT molecular complexity index is 538. The van der Waals surface area contributed by atoms with Crippen molar-refractivity contribution in [2.45, 2.75) is 31.2 Å². The van der Waals surface area contributed by atoms with Crippen molar-refractivity contribution in [3.63, 3.8) is 0 Å². The van der Waals surface area contributed by atoms with Gasteiger partial charge in [0.1, 0.15) is 5.54 Å². The van der Waals surface area contributed by atoms with Crippen LogP contribution in [0.25, 0.3) is 0 Å². The van der Waals surface area contributed by atoms with Crippen molar-refractivity contribution in [3.8, 4) is 5.75 Å². The van der Waals surface area contributed by atoms with E-state index in [9.17, 15) is 19.1 Å². The summed E-state index contributed by atoms with van der Waals surface area (Å²) in [5, 5.41) is 11.8. The maximum atomic E-state index is 14.0. The summed E-state index contributed by atoms with van der Waals surface area (Å²) >= 11 is 0. The van der Waals surface area contributed by atoms with Crippen LogP contribution in [0.15, 0.2) is 18.2 Å². The van der Waals surface area contributed by atoms with Gasteiger partial charge in [0.2, 0.25) is 0 Å². The smallest absolute Gasteiger partial charge is 0.329 e. The van der Waals surface area contributed by atoms with E-state index in [1.807, 2.05) is 0 Å². The Morgan fingerprint density at radius 3 is 2.55 bits per heavy atom. The number of nitrogens with one attached hydrogen (secondary N) is 1. The summed E-state index contributed by atoms with van der Waals surface area (Å²) in [5.74, 6) is -2.64. The average molecular weight is 281 g/mol. The standard InChI is InChI=1S/C14H16FNO4/c1-20-10-6-4-5-9(11(10)15)12(17)16-14(13(18)19)7-2-3-8-14/h4-6H,2-3,7-8H2,1H3,(H,16,17)(H,18,19). The zero-order valence-corrected chi connectivity index (χ0v) is 11.1. The van der Waals surface area contributed by atoms with E-state index in [1.54, 1.807) is 0 Å². The molecule has 0 radical (unpaired) electrons. The van der Waals surface area contributed by atoms with Gasteiger partial charge in [0.15, 0.2) is 11.6 Å². The van der Waals surface area contributed by atoms with Crippen LogP contribution in [0.5, 0.6) is 5.75 Å². The van der Waals surface area contributed by atoms with Gasteiger partial charge in [0.25, 0.3) is 5.91 Å². The van der Waals surface area contributed by atoms with Crippen LogP contribution in [0.2, 0.25) is 0 Å². The Morgan fingerprint density at radius 2 is 2.00 bits per heavy atom. The monoisotopic (exact) mass is 281 g/mol. The highest BCUT2D eigenvalue weighted by atomic mass is 19.1. The van der Waals surface area contributed by atoms with Crippen LogP contribution >= 0.6 is 0 Å². The second kappa shape index (κ2) is 5.48. The average Bonchev–Trinajstić information content (AvgIpc) is 2.88. The minimum Gasteiger partial charge on any atom is -0.494 e. The maximum absolute atomic E-state index is 14.0. The van der Waals surface area contributed by atoms with Crippen LogP contribution in [0.1, 0.15) is 36.0 Å². The molecule has 0 saturated heterocycles. The van der Waals surface area contributed by atoms with Gasteiger partial charge in [-0.25, -0.2) is 9.18 Å². The molecule has 2 N–H and O–H groups in total. The highest BCUT2D eigenvalue weighted by Gasteiger charge is 2.43. The quantitative estimate of drug-likeness (QED) is 0.884. The van der Waals surface area contributed by atoms with Crippen molar-refractivity contribution in [1.29, 1.82) is 0 Å². The molecule has 0 aromatic heterocycles. The van der Waals surface area contributed by atoms with Gasteiger partial charge in [0, 0.05) is 0 Å². The molecule has 1 amide bonds. The first kappa shape index (κ1) is 14.3. The van der Waals surface area contributed by atoms with Gasteiger partial charge in [-0.2, -0.15) is 0 Å². The van der Waals surface area contributed by atoms with Crippen molar-refractivity contribution in [2.75, 3.05) is 7.11 Å². The first-order valence-electron chi connectivity index (χ1n) is 6.38. The number of carboxylic acids is 1. The predicted octanol–water partition coefficient (Wildman–Crippen LogP) is 1.96. The molecule has 1 aromatic rings. The lowest BCUT2D eigenvalue weighted by molar-refractivity contribution is -0.144. The molecule has 1 fully saturated rings. The number of rotatable bonds is 4. The van der Waals surface area contributed by atoms with Crippen LogP contribution < -0.4 is 10.1 Å². The number of ether oxygens (including phenoxy) is 1. The lowest BCUT2D eigenvalue weighted by Crippen LogP contribution is -2.52. The highest BCUT2D eigenvalue weighted by molar-refractivity contribution is 5.98. The van der Waals surface area contributed by atoms with Crippen molar-refractivity contribution >= 4 is 11.9 Å². The van der Waals surface area contributed by atoms with Crippen molar-refractivity contribution in [1.82, 2.24) is 5.32 Å². The van der Waals surface area contributed by atoms with Crippen LogP contribution in [-0.4, -0.2) is 29.6 Å². The van der Waals surface area contributed by atoms with Crippen LogP contribution in [-0.2, 0) is 4.79 Å². The molecular weight excluding hydrogens is 265 g/mol. The SMILES string of the molecule is COc1cccc(C(=O)NC2(C(=O)O)CCCC2)c1F. The molecule has 5 nitrogen and oxygen atoms in total. The molecule has 0 aliphatic heterocycles. The molecular formula is C14H16FNO4. The third-order valence-corrected chi connectivity index (χ3v) is 3.65. The van der Waals surface area contributed by atoms with E-state index >= 15 is 0 Å². The van der Waals surface area contributed by atoms with Gasteiger partial charge in [0.05, 0.1) is 12.7 Å². The van der Waals surface area contributed by atoms with Crippen LogP contribution in [0.3, 0.4) is 0 Å². The van der Waals surface area contributed by atoms with Gasteiger partial charge in [-0.15, -0.1) is 0 Å². The summed E-state index contributed by atoms with van der Waals surface area (Å²) in [6.07, 6.45) is 2.18. The number of amides is 1. The summed E-state index contributed by atoms with van der Waals surface area (Å²) in [6.45, 7) is 0. The molecule has 2 rings (SSSR count). The van der Waals surface area contributed by atoms with Gasteiger partial charge in [-0.1, -0.05) is 18.9 Å². The summed E-state index contributed by atoms with van der Waals surface area (Å²) < 4.78 is 18.8. The fourth-order valence-electron chi connectivity index (χ4n) is 2.50. The second-order valence-corrected chi connectivity index (χ2v) is 4.87. The van der Waals surface area contributed by atoms with Crippen LogP contribution in [0, 0.1) is 5.82 Å². The number of carboxylic acid groups (broad SMARTS) is 1. The Hall–Kier alpha value is -2.11. The lowest BCUT2D eigenvalue weighted by Gasteiger charge is -2.25. The van der Waals surface area contributed by atoms with E-state index in [-0.39, 0.29) is 11.3 Å². The Morgan fingerprint density at radius 1 is 1.35 bits per heavy atom. The van der Waals surface area contributed by atoms with E-state index in [0.717, 1.165) is 12.8 Å². The Labute approximate surface area is 115 Å². The molecule has 20 heavy (non-hydrogen) atoms. The van der Waals surface area contributed by atoms with Crippen molar-refractivity contribution in [2.24, 2.45) is 0 Å². The number of carbonyl (C=O) groups excluding carboxylic acids is 1. The summed E-state index contributed by atoms with van der Waals surface area (Å²) in [6, 6.07) is 4.19. The molecule has 0 heterocycles. The fraction of sp³-hybridized carbons (Fsp3) is 0.429. The number of hydrogen-bond donors (Lipinski definition) is 2. The first-order chi connectivity index (χ1) is 9.50. The number of carbonyl (C=O) groups is 2. The normalized spacial score (nSPS) is 16.7. The summed E-state index contributed by atoms with van der Waals surface area (Å²) in [5.41, 5.74) is -1.50. The number of halogens is 1. The fourth-order valence-corrected chi connectivity index (χ4v) is 2.50. The van der Waals surface area contributed by atoms with E-state index in [2.05, 4.69) is 5.32 Å². The highest BCUT2D eigenvalue weighted by Crippen LogP contribution is 2.30. The minimum atomic E-state index is -1.29. The number of benzene rings is 1. The zero-order chi connectivity index (χ0) is 14.8. The molecule has 0 atom stereocenters. The Kier molecular flexibility index (Phi) is 3.92. The van der Waals surface area contributed by atoms with E-state index in [1.165, 1.54) is 25.3 Å². The van der Waals surface area contributed by atoms with E-state index in [4.69, 9.17) is 4.74 Å². The zero-order valence-electron chi connectivity index (χ0n) is 11.1. The first-order valence-corrected chi connectivity index (χ1v) is 6.38. The third kappa shape index (κ3) is 2.45. The van der Waals surface area contributed by atoms with Gasteiger partial charge >= 0.3 is 5.97 Å². The predicted molar refractivity (Wildman–Crippen MR) is 69.3 cm³/mol. The minimum absolute atomic E-state index is 0.0477. The summed E-state index contributed by atoms with van der Waals surface area (Å²) in [7, 11) is 1.30. The summed E-state index contributed by atoms with van der Waals surface area (Å²) in [4.78, 5) is 23.5. The number of aliphatic carboxylic acids is 1. The molecule has 1 aromatic carbocycles. The van der Waals surface area contributed by atoms with E-state index in [0.29, 0.717) is 12.8 Å². The van der Waals surface area contributed by atoms with Gasteiger partial charge in [-0.05, 0) is 25.0 Å². The number of methoxy groups -OCH3 is 1. The molecule has 1 aliphatic carbocycles. The topological polar surface area (TPSA) is 75.6 Å². The largest absolute Gasteiger partial charge is 0.494 e. The molecule has 0 unspecified atom stereocenters. The second-order valence-electron chi connectivity index (χ2n) is 4.87. The molecule has 0 spiro atoms. The van der Waals surface area contributed by atoms with Gasteiger partial charge in [-0.3, -0.25) is 4.79 Å². The Balaban J connectivity index is 2.26. The van der Waals surface area contributed by atoms with Gasteiger partial charge < -0.3 is 15.2 Å². The number of hydrogen-bond acceptors (Lipinski definition) is 3. The lowest BCUT2D eigenvalue weighted by atomic mass is 9.97. The van der Waals surface area contributed by atoms with Crippen LogP contribution in [0.4, 0.5) is 4.39 Å². The van der Waals surface area contributed by atoms with E-state index < -0.39 is 23.2 Å². The molecule has 0 bridgehead atoms. The van der Waals surface area contributed by atoms with Crippen molar-refractivity contribution < 1.29 is 23.8 Å². The third-order valence-electron chi connectivity index (χ3n) is 3.65.